The van der Waals surface area contributed by atoms with Crippen LogP contribution in [0.25, 0.3) is 0 Å². The molecule has 1 aromatic carbocycles. The normalized spacial score (nSPS) is 11.2. The Morgan fingerprint density at radius 2 is 1.83 bits per heavy atom. The predicted octanol–water partition coefficient (Wildman–Crippen LogP) is 3.52. The number of rotatable bonds is 3. The van der Waals surface area contributed by atoms with E-state index in [9.17, 15) is 4.79 Å². The van der Waals surface area contributed by atoms with Crippen LogP contribution in [0.15, 0.2) is 18.2 Å². The molecule has 0 saturated carbocycles. The van der Waals surface area contributed by atoms with Gasteiger partial charge in [-0.25, -0.2) is 10.2 Å². The molecule has 0 atom stereocenters. The Kier molecular flexibility index (Phi) is 5.26. The van der Waals surface area contributed by atoms with Crippen LogP contribution in [0, 0.1) is 0 Å². The molecule has 0 aromatic heterocycles. The standard InChI is InChI=1S/C12H16Cl2N2O2/c1-12(2,3)18-11(17)16-15-7-8-9(13)5-4-6-10(8)14/h4-6,15H,7H2,1-3H3,(H,16,17). The number of hydrazine groups is 1. The van der Waals surface area contributed by atoms with Gasteiger partial charge in [0.15, 0.2) is 0 Å². The fourth-order valence-corrected chi connectivity index (χ4v) is 1.74. The first-order valence-electron chi connectivity index (χ1n) is 5.44. The molecular weight excluding hydrogens is 275 g/mol. The Morgan fingerprint density at radius 3 is 2.33 bits per heavy atom. The lowest BCUT2D eigenvalue weighted by Crippen LogP contribution is -2.40. The third-order valence-corrected chi connectivity index (χ3v) is 2.62. The van der Waals surface area contributed by atoms with E-state index in [1.807, 2.05) is 0 Å². The van der Waals surface area contributed by atoms with E-state index in [2.05, 4.69) is 10.9 Å². The smallest absolute Gasteiger partial charge is 0.422 e. The van der Waals surface area contributed by atoms with Gasteiger partial charge in [0, 0.05) is 22.2 Å². The van der Waals surface area contributed by atoms with E-state index in [0.29, 0.717) is 16.6 Å². The number of benzene rings is 1. The van der Waals surface area contributed by atoms with Crippen molar-refractivity contribution in [3.63, 3.8) is 0 Å². The van der Waals surface area contributed by atoms with Gasteiger partial charge >= 0.3 is 6.09 Å². The van der Waals surface area contributed by atoms with Gasteiger partial charge in [0.05, 0.1) is 0 Å². The Labute approximate surface area is 117 Å². The quantitative estimate of drug-likeness (QED) is 0.838. The summed E-state index contributed by atoms with van der Waals surface area (Å²) >= 11 is 12.0. The summed E-state index contributed by atoms with van der Waals surface area (Å²) in [4.78, 5) is 11.4. The van der Waals surface area contributed by atoms with Crippen molar-refractivity contribution >= 4 is 29.3 Å². The van der Waals surface area contributed by atoms with Gasteiger partial charge in [-0.1, -0.05) is 29.3 Å². The van der Waals surface area contributed by atoms with Gasteiger partial charge in [-0.15, -0.1) is 0 Å². The first kappa shape index (κ1) is 15.1. The van der Waals surface area contributed by atoms with Crippen molar-refractivity contribution in [1.82, 2.24) is 10.9 Å². The number of nitrogens with one attached hydrogen (secondary N) is 2. The molecule has 0 aliphatic rings. The van der Waals surface area contributed by atoms with Crippen molar-refractivity contribution in [3.05, 3.63) is 33.8 Å². The second kappa shape index (κ2) is 6.27. The van der Waals surface area contributed by atoms with Crippen molar-refractivity contribution in [2.75, 3.05) is 0 Å². The number of halogens is 2. The first-order chi connectivity index (χ1) is 8.29. The number of amides is 1. The van der Waals surface area contributed by atoms with E-state index < -0.39 is 11.7 Å². The summed E-state index contributed by atoms with van der Waals surface area (Å²) in [5, 5.41) is 1.09. The fourth-order valence-electron chi connectivity index (χ4n) is 1.21. The maximum absolute atomic E-state index is 11.4. The zero-order valence-corrected chi connectivity index (χ0v) is 12.0. The van der Waals surface area contributed by atoms with Crippen LogP contribution in [0.2, 0.25) is 10.0 Å². The molecule has 2 N–H and O–H groups in total. The Balaban J connectivity index is 2.45. The monoisotopic (exact) mass is 290 g/mol. The van der Waals surface area contributed by atoms with Gasteiger partial charge in [0.2, 0.25) is 0 Å². The molecule has 18 heavy (non-hydrogen) atoms. The number of hydrogen-bond acceptors (Lipinski definition) is 3. The minimum Gasteiger partial charge on any atom is -0.443 e. The summed E-state index contributed by atoms with van der Waals surface area (Å²) in [6.45, 7) is 5.68. The molecule has 0 heterocycles. The SMILES string of the molecule is CC(C)(C)OC(=O)NNCc1c(Cl)cccc1Cl. The van der Waals surface area contributed by atoms with Crippen LogP contribution in [-0.4, -0.2) is 11.7 Å². The molecule has 0 radical (unpaired) electrons. The van der Waals surface area contributed by atoms with Crippen molar-refractivity contribution in [2.24, 2.45) is 0 Å². The highest BCUT2D eigenvalue weighted by Crippen LogP contribution is 2.23. The minimum absolute atomic E-state index is 0.317. The van der Waals surface area contributed by atoms with Crippen molar-refractivity contribution in [2.45, 2.75) is 32.9 Å². The van der Waals surface area contributed by atoms with E-state index in [4.69, 9.17) is 27.9 Å². The largest absolute Gasteiger partial charge is 0.443 e. The van der Waals surface area contributed by atoms with E-state index >= 15 is 0 Å². The number of hydrogen-bond donors (Lipinski definition) is 2. The highest BCUT2D eigenvalue weighted by atomic mass is 35.5. The van der Waals surface area contributed by atoms with Crippen LogP contribution in [0.1, 0.15) is 26.3 Å². The molecule has 4 nitrogen and oxygen atoms in total. The average molecular weight is 291 g/mol. The van der Waals surface area contributed by atoms with E-state index in [0.717, 1.165) is 5.56 Å². The molecule has 0 fully saturated rings. The summed E-state index contributed by atoms with van der Waals surface area (Å²) in [5.41, 5.74) is 5.31. The van der Waals surface area contributed by atoms with Crippen molar-refractivity contribution in [3.8, 4) is 0 Å². The van der Waals surface area contributed by atoms with Gasteiger partial charge in [-0.05, 0) is 32.9 Å². The zero-order chi connectivity index (χ0) is 13.8. The summed E-state index contributed by atoms with van der Waals surface area (Å²) in [5.74, 6) is 0. The number of carbonyl (C=O) groups excluding carboxylic acids is 1. The second-order valence-corrected chi connectivity index (χ2v) is 5.50. The van der Waals surface area contributed by atoms with E-state index in [1.54, 1.807) is 39.0 Å². The maximum atomic E-state index is 11.4. The lowest BCUT2D eigenvalue weighted by Gasteiger charge is -2.20. The lowest BCUT2D eigenvalue weighted by atomic mass is 10.2. The topological polar surface area (TPSA) is 50.4 Å². The molecular formula is C12H16Cl2N2O2. The van der Waals surface area contributed by atoms with Crippen LogP contribution < -0.4 is 10.9 Å². The zero-order valence-electron chi connectivity index (χ0n) is 10.5. The van der Waals surface area contributed by atoms with Gasteiger partial charge in [-0.2, -0.15) is 0 Å². The highest BCUT2D eigenvalue weighted by molar-refractivity contribution is 6.35. The summed E-state index contributed by atoms with van der Waals surface area (Å²) in [6.07, 6.45) is -0.550. The van der Waals surface area contributed by atoms with Gasteiger partial charge < -0.3 is 4.74 Å². The molecule has 1 aromatic rings. The molecule has 1 amide bonds. The number of carbonyl (C=O) groups is 1. The highest BCUT2D eigenvalue weighted by Gasteiger charge is 2.15. The Bertz CT molecular complexity index is 410. The van der Waals surface area contributed by atoms with Gasteiger partial charge in [0.25, 0.3) is 0 Å². The third-order valence-electron chi connectivity index (χ3n) is 1.92. The summed E-state index contributed by atoms with van der Waals surface area (Å²) < 4.78 is 5.06. The molecule has 0 bridgehead atoms. The Morgan fingerprint density at radius 1 is 1.28 bits per heavy atom. The average Bonchev–Trinajstić information content (AvgIpc) is 2.19. The van der Waals surface area contributed by atoms with Crippen LogP contribution in [0.3, 0.4) is 0 Å². The lowest BCUT2D eigenvalue weighted by molar-refractivity contribution is 0.0497. The van der Waals surface area contributed by atoms with Crippen molar-refractivity contribution < 1.29 is 9.53 Å². The first-order valence-corrected chi connectivity index (χ1v) is 6.20. The molecule has 0 spiro atoms. The summed E-state index contributed by atoms with van der Waals surface area (Å²) in [7, 11) is 0. The molecule has 0 aliphatic heterocycles. The fraction of sp³-hybridized carbons (Fsp3) is 0.417. The van der Waals surface area contributed by atoms with Crippen molar-refractivity contribution in [1.29, 1.82) is 0 Å². The van der Waals surface area contributed by atoms with Crippen LogP contribution in [-0.2, 0) is 11.3 Å². The van der Waals surface area contributed by atoms with E-state index in [-0.39, 0.29) is 0 Å². The van der Waals surface area contributed by atoms with Gasteiger partial charge in [0.1, 0.15) is 5.60 Å². The molecule has 0 unspecified atom stereocenters. The molecule has 0 aliphatic carbocycles. The Hall–Kier alpha value is -0.970. The minimum atomic E-state index is -0.550. The maximum Gasteiger partial charge on any atom is 0.422 e. The third kappa shape index (κ3) is 5.12. The van der Waals surface area contributed by atoms with Crippen LogP contribution in [0.4, 0.5) is 4.79 Å². The van der Waals surface area contributed by atoms with Crippen LogP contribution in [0.5, 0.6) is 0 Å². The van der Waals surface area contributed by atoms with Crippen LogP contribution >= 0.6 is 23.2 Å². The molecule has 100 valence electrons. The second-order valence-electron chi connectivity index (χ2n) is 4.68. The van der Waals surface area contributed by atoms with Gasteiger partial charge in [-0.3, -0.25) is 5.43 Å². The van der Waals surface area contributed by atoms with E-state index in [1.165, 1.54) is 0 Å². The molecule has 0 saturated heterocycles. The molecule has 1 rings (SSSR count). The molecule has 6 heteroatoms. The predicted molar refractivity (Wildman–Crippen MR) is 72.7 cm³/mol. The number of ether oxygens (including phenoxy) is 1. The summed E-state index contributed by atoms with van der Waals surface area (Å²) in [6, 6.07) is 5.23.